The van der Waals surface area contributed by atoms with Gasteiger partial charge in [0.15, 0.2) is 0 Å². The van der Waals surface area contributed by atoms with Gasteiger partial charge >= 0.3 is 51.4 Å². The van der Waals surface area contributed by atoms with Gasteiger partial charge in [0.25, 0.3) is 10.1 Å². The van der Waals surface area contributed by atoms with Crippen molar-refractivity contribution < 1.29 is 70.6 Å². The predicted octanol–water partition coefficient (Wildman–Crippen LogP) is -4.13. The molecule has 0 aliphatic rings. The third-order valence-electron chi connectivity index (χ3n) is 0.606. The fourth-order valence-corrected chi connectivity index (χ4v) is 0.689. The topological polar surface area (TPSA) is 97.5 Å². The summed E-state index contributed by atoms with van der Waals surface area (Å²) in [6, 6.07) is 0. The van der Waals surface area contributed by atoms with E-state index in [1.807, 2.05) is 0 Å². The van der Waals surface area contributed by atoms with Gasteiger partial charge in [-0.05, 0) is 0 Å². The standard InChI is InChI=1S/C3H7NO4S.K.H/c4-3(5)1-2-9(6,7)8;;/h1-2H2,(H2,4,5)(H,6,7,8);;/q;+1;-1. The fourth-order valence-electron chi connectivity index (χ4n) is 0.230. The predicted molar refractivity (Wildman–Crippen MR) is 31.3 cm³/mol. The number of carbonyl (C=O) groups excluding carboxylic acids is 1. The van der Waals surface area contributed by atoms with Gasteiger partial charge in [0.1, 0.15) is 0 Å². The molecule has 0 unspecified atom stereocenters. The maximum Gasteiger partial charge on any atom is 1.00 e. The van der Waals surface area contributed by atoms with E-state index in [0.717, 1.165) is 0 Å². The minimum absolute atomic E-state index is 0. The van der Waals surface area contributed by atoms with Gasteiger partial charge in [0, 0.05) is 6.42 Å². The zero-order chi connectivity index (χ0) is 7.49. The van der Waals surface area contributed by atoms with Crippen LogP contribution in [-0.2, 0) is 14.9 Å². The van der Waals surface area contributed by atoms with E-state index in [9.17, 15) is 13.2 Å². The molecule has 0 aliphatic carbocycles. The van der Waals surface area contributed by atoms with Crippen molar-refractivity contribution in [1.82, 2.24) is 0 Å². The van der Waals surface area contributed by atoms with Crippen LogP contribution >= 0.6 is 0 Å². The molecule has 1 amide bonds. The number of rotatable bonds is 3. The van der Waals surface area contributed by atoms with E-state index in [1.165, 1.54) is 0 Å². The Bertz CT molecular complexity index is 203. The number of amides is 1. The van der Waals surface area contributed by atoms with Crippen LogP contribution in [0.5, 0.6) is 0 Å². The largest absolute Gasteiger partial charge is 1.00 e. The van der Waals surface area contributed by atoms with Crippen LogP contribution in [0.15, 0.2) is 0 Å². The second kappa shape index (κ2) is 5.64. The van der Waals surface area contributed by atoms with Gasteiger partial charge in [0.05, 0.1) is 5.75 Å². The molecule has 0 bridgehead atoms. The third kappa shape index (κ3) is 11.8. The Morgan fingerprint density at radius 1 is 1.60 bits per heavy atom. The Balaban J connectivity index is -0.000000320. The maximum absolute atomic E-state index is 9.89. The van der Waals surface area contributed by atoms with Crippen molar-refractivity contribution in [2.75, 3.05) is 5.75 Å². The first kappa shape index (κ1) is 13.6. The molecule has 0 aromatic rings. The molecule has 0 heterocycles. The zero-order valence-corrected chi connectivity index (χ0v) is 9.51. The van der Waals surface area contributed by atoms with Crippen molar-refractivity contribution in [2.45, 2.75) is 6.42 Å². The number of carbonyl (C=O) groups is 1. The first-order valence-corrected chi connectivity index (χ1v) is 3.76. The van der Waals surface area contributed by atoms with E-state index in [-0.39, 0.29) is 59.2 Å². The van der Waals surface area contributed by atoms with Crippen molar-refractivity contribution >= 4 is 16.0 Å². The summed E-state index contributed by atoms with van der Waals surface area (Å²) in [5.74, 6) is -1.34. The Labute approximate surface area is 103 Å². The average molecular weight is 193 g/mol. The molecule has 0 aromatic heterocycles. The molecular weight excluding hydrogens is 185 g/mol. The molecule has 56 valence electrons. The van der Waals surface area contributed by atoms with E-state index >= 15 is 0 Å². The molecule has 0 atom stereocenters. The summed E-state index contributed by atoms with van der Waals surface area (Å²) in [5, 5.41) is 0. The first-order valence-electron chi connectivity index (χ1n) is 2.15. The molecule has 0 aromatic carbocycles. The Morgan fingerprint density at radius 2 is 2.00 bits per heavy atom. The van der Waals surface area contributed by atoms with Crippen molar-refractivity contribution in [3.8, 4) is 0 Å². The van der Waals surface area contributed by atoms with Crippen molar-refractivity contribution in [2.24, 2.45) is 5.73 Å². The Morgan fingerprint density at radius 3 is 2.10 bits per heavy atom. The normalized spacial score (nSPS) is 10.1. The second-order valence-electron chi connectivity index (χ2n) is 1.50. The molecule has 7 heteroatoms. The number of hydrogen-bond acceptors (Lipinski definition) is 3. The zero-order valence-electron chi connectivity index (χ0n) is 6.57. The quantitative estimate of drug-likeness (QED) is 0.351. The molecular formula is C3H8KNO4S. The van der Waals surface area contributed by atoms with Gasteiger partial charge < -0.3 is 7.16 Å². The summed E-state index contributed by atoms with van der Waals surface area (Å²) in [7, 11) is -4.02. The van der Waals surface area contributed by atoms with Crippen LogP contribution < -0.4 is 57.1 Å². The molecule has 0 fully saturated rings. The molecule has 0 radical (unpaired) electrons. The molecule has 0 saturated heterocycles. The monoisotopic (exact) mass is 193 g/mol. The van der Waals surface area contributed by atoms with Crippen LogP contribution in [0.2, 0.25) is 0 Å². The summed E-state index contributed by atoms with van der Waals surface area (Å²) in [4.78, 5) is 9.89. The Kier molecular flexibility index (Phi) is 7.67. The third-order valence-corrected chi connectivity index (χ3v) is 1.33. The SMILES string of the molecule is NC(=O)CCS(=O)(=O)O.[H-].[K+]. The Hall–Kier alpha value is 1.02. The van der Waals surface area contributed by atoms with Crippen LogP contribution in [0, 0.1) is 0 Å². The van der Waals surface area contributed by atoms with E-state index in [1.54, 1.807) is 0 Å². The van der Waals surface area contributed by atoms with E-state index in [0.29, 0.717) is 0 Å². The van der Waals surface area contributed by atoms with Gasteiger partial charge in [-0.2, -0.15) is 8.42 Å². The van der Waals surface area contributed by atoms with Gasteiger partial charge in [-0.15, -0.1) is 0 Å². The smallest absolute Gasteiger partial charge is 1.00 e. The summed E-state index contributed by atoms with van der Waals surface area (Å²) in [6.07, 6.45) is -0.334. The maximum atomic E-state index is 9.89. The number of primary amides is 1. The molecule has 5 nitrogen and oxygen atoms in total. The van der Waals surface area contributed by atoms with Crippen LogP contribution in [0.3, 0.4) is 0 Å². The van der Waals surface area contributed by atoms with E-state index in [2.05, 4.69) is 5.73 Å². The van der Waals surface area contributed by atoms with Crippen LogP contribution in [0.25, 0.3) is 0 Å². The summed E-state index contributed by atoms with van der Waals surface area (Å²) in [6.45, 7) is 0. The minimum Gasteiger partial charge on any atom is -1.00 e. The summed E-state index contributed by atoms with van der Waals surface area (Å²) < 4.78 is 27.8. The molecule has 0 saturated carbocycles. The molecule has 0 aliphatic heterocycles. The van der Waals surface area contributed by atoms with Crippen LogP contribution in [0.1, 0.15) is 7.85 Å². The number of nitrogens with two attached hydrogens (primary N) is 1. The van der Waals surface area contributed by atoms with Gasteiger partial charge in [-0.1, -0.05) is 0 Å². The molecule has 0 rings (SSSR count). The van der Waals surface area contributed by atoms with Crippen LogP contribution in [-0.4, -0.2) is 24.6 Å². The number of hydrogen-bond donors (Lipinski definition) is 2. The van der Waals surface area contributed by atoms with E-state index < -0.39 is 21.8 Å². The van der Waals surface area contributed by atoms with Crippen molar-refractivity contribution in [1.29, 1.82) is 0 Å². The minimum atomic E-state index is -4.02. The molecule has 10 heavy (non-hydrogen) atoms. The second-order valence-corrected chi connectivity index (χ2v) is 3.07. The molecule has 3 N–H and O–H groups in total. The fraction of sp³-hybridized carbons (Fsp3) is 0.667. The van der Waals surface area contributed by atoms with Gasteiger partial charge in [-0.25, -0.2) is 0 Å². The summed E-state index contributed by atoms with van der Waals surface area (Å²) in [5.41, 5.74) is 4.59. The van der Waals surface area contributed by atoms with Crippen LogP contribution in [0.4, 0.5) is 0 Å². The van der Waals surface area contributed by atoms with Gasteiger partial charge in [-0.3, -0.25) is 9.35 Å². The van der Waals surface area contributed by atoms with E-state index in [4.69, 9.17) is 4.55 Å². The summed E-state index contributed by atoms with van der Waals surface area (Å²) >= 11 is 0. The first-order chi connectivity index (χ1) is 3.92. The molecule has 0 spiro atoms. The van der Waals surface area contributed by atoms with Gasteiger partial charge in [0.2, 0.25) is 5.91 Å². The van der Waals surface area contributed by atoms with Crippen molar-refractivity contribution in [3.05, 3.63) is 0 Å². The average Bonchev–Trinajstić information content (AvgIpc) is 1.59. The van der Waals surface area contributed by atoms with Crippen molar-refractivity contribution in [3.63, 3.8) is 0 Å².